The summed E-state index contributed by atoms with van der Waals surface area (Å²) in [6.07, 6.45) is 1.17. The molecule has 0 spiro atoms. The number of nitrogens with zero attached hydrogens (tertiary/aromatic N) is 1. The molecule has 0 aliphatic carbocycles. The second kappa shape index (κ2) is 8.86. The van der Waals surface area contributed by atoms with Crippen LogP contribution in [0.15, 0.2) is 0 Å². The lowest BCUT2D eigenvalue weighted by Crippen LogP contribution is -2.22. The first-order valence-electron chi connectivity index (χ1n) is 8.18. The smallest absolute Gasteiger partial charge is 0.122 e. The van der Waals surface area contributed by atoms with E-state index in [0.717, 1.165) is 24.6 Å². The maximum absolute atomic E-state index is 5.92. The first-order valence-corrected chi connectivity index (χ1v) is 9.00. The standard InChI is InChI=1S/C17H32N2OS/c1-8-20-16(12(4)5)17-19-14(9-11(2)3)15(21-17)10-18-13(6)7/h11-13,16,18H,8-10H2,1-7H3. The highest BCUT2D eigenvalue weighted by Gasteiger charge is 2.22. The lowest BCUT2D eigenvalue weighted by molar-refractivity contribution is 0.0292. The minimum atomic E-state index is 0.124. The fourth-order valence-corrected chi connectivity index (χ4v) is 3.50. The molecule has 0 radical (unpaired) electrons. The third-order valence-corrected chi connectivity index (χ3v) is 4.42. The van der Waals surface area contributed by atoms with Crippen molar-refractivity contribution in [1.82, 2.24) is 10.3 Å². The zero-order valence-corrected chi connectivity index (χ0v) is 15.5. The molecule has 1 aromatic heterocycles. The Morgan fingerprint density at radius 2 is 1.81 bits per heavy atom. The summed E-state index contributed by atoms with van der Waals surface area (Å²) in [7, 11) is 0. The molecule has 0 aliphatic heterocycles. The monoisotopic (exact) mass is 312 g/mol. The van der Waals surface area contributed by atoms with E-state index < -0.39 is 0 Å². The van der Waals surface area contributed by atoms with Gasteiger partial charge in [0.05, 0.1) is 5.69 Å². The number of hydrogen-bond acceptors (Lipinski definition) is 4. The van der Waals surface area contributed by atoms with E-state index in [-0.39, 0.29) is 6.10 Å². The maximum Gasteiger partial charge on any atom is 0.122 e. The molecule has 0 aromatic carbocycles. The molecule has 21 heavy (non-hydrogen) atoms. The summed E-state index contributed by atoms with van der Waals surface area (Å²) in [5.74, 6) is 1.08. The minimum absolute atomic E-state index is 0.124. The second-order valence-corrected chi connectivity index (χ2v) is 7.79. The van der Waals surface area contributed by atoms with Crippen molar-refractivity contribution in [2.24, 2.45) is 11.8 Å². The van der Waals surface area contributed by atoms with E-state index in [1.165, 1.54) is 10.6 Å². The van der Waals surface area contributed by atoms with Gasteiger partial charge in [-0.3, -0.25) is 0 Å². The van der Waals surface area contributed by atoms with Gasteiger partial charge in [-0.25, -0.2) is 4.98 Å². The maximum atomic E-state index is 5.92. The summed E-state index contributed by atoms with van der Waals surface area (Å²) in [4.78, 5) is 6.29. The van der Waals surface area contributed by atoms with Gasteiger partial charge in [-0.2, -0.15) is 0 Å². The molecule has 0 bridgehead atoms. The first-order chi connectivity index (χ1) is 9.85. The largest absolute Gasteiger partial charge is 0.371 e. The highest BCUT2D eigenvalue weighted by atomic mass is 32.1. The van der Waals surface area contributed by atoms with Crippen molar-refractivity contribution >= 4 is 11.3 Å². The van der Waals surface area contributed by atoms with Crippen LogP contribution in [-0.2, 0) is 17.7 Å². The third-order valence-electron chi connectivity index (χ3n) is 3.26. The van der Waals surface area contributed by atoms with Crippen LogP contribution in [-0.4, -0.2) is 17.6 Å². The lowest BCUT2D eigenvalue weighted by atomic mass is 10.1. The fourth-order valence-electron chi connectivity index (χ4n) is 2.23. The fraction of sp³-hybridized carbons (Fsp3) is 0.824. The SMILES string of the molecule is CCOC(c1nc(CC(C)C)c(CNC(C)C)s1)C(C)C. The Morgan fingerprint density at radius 3 is 2.29 bits per heavy atom. The lowest BCUT2D eigenvalue weighted by Gasteiger charge is -2.18. The third kappa shape index (κ3) is 6.05. The summed E-state index contributed by atoms with van der Waals surface area (Å²) < 4.78 is 5.92. The summed E-state index contributed by atoms with van der Waals surface area (Å²) >= 11 is 1.82. The average Bonchev–Trinajstić information content (AvgIpc) is 2.74. The Labute approximate surface area is 134 Å². The Morgan fingerprint density at radius 1 is 1.14 bits per heavy atom. The molecule has 1 aromatic rings. The summed E-state index contributed by atoms with van der Waals surface area (Å²) in [5, 5.41) is 4.66. The molecule has 0 amide bonds. The molecular weight excluding hydrogens is 280 g/mol. The van der Waals surface area contributed by atoms with Crippen LogP contribution >= 0.6 is 11.3 Å². The van der Waals surface area contributed by atoms with Crippen LogP contribution < -0.4 is 5.32 Å². The Hall–Kier alpha value is -0.450. The van der Waals surface area contributed by atoms with Gasteiger partial charge in [0.25, 0.3) is 0 Å². The van der Waals surface area contributed by atoms with Gasteiger partial charge < -0.3 is 10.1 Å². The minimum Gasteiger partial charge on any atom is -0.371 e. The molecule has 1 N–H and O–H groups in total. The molecule has 4 heteroatoms. The molecule has 122 valence electrons. The summed E-state index contributed by atoms with van der Waals surface area (Å²) in [6.45, 7) is 17.0. The van der Waals surface area contributed by atoms with E-state index in [0.29, 0.717) is 17.9 Å². The van der Waals surface area contributed by atoms with Crippen LogP contribution in [0.2, 0.25) is 0 Å². The van der Waals surface area contributed by atoms with Crippen molar-refractivity contribution in [2.45, 2.75) is 73.6 Å². The van der Waals surface area contributed by atoms with Crippen LogP contribution in [0.1, 0.15) is 70.1 Å². The highest BCUT2D eigenvalue weighted by Crippen LogP contribution is 2.32. The van der Waals surface area contributed by atoms with Gasteiger partial charge in [-0.1, -0.05) is 41.5 Å². The van der Waals surface area contributed by atoms with Crippen molar-refractivity contribution in [1.29, 1.82) is 0 Å². The second-order valence-electron chi connectivity index (χ2n) is 6.68. The van der Waals surface area contributed by atoms with Crippen LogP contribution in [0.4, 0.5) is 0 Å². The van der Waals surface area contributed by atoms with E-state index in [4.69, 9.17) is 9.72 Å². The molecule has 0 saturated carbocycles. The number of nitrogens with one attached hydrogen (secondary N) is 1. The average molecular weight is 313 g/mol. The molecular formula is C17H32N2OS. The topological polar surface area (TPSA) is 34.1 Å². The van der Waals surface area contributed by atoms with E-state index in [1.54, 1.807) is 0 Å². The van der Waals surface area contributed by atoms with Gasteiger partial charge in [0.15, 0.2) is 0 Å². The first kappa shape index (κ1) is 18.6. The Balaban J connectivity index is 2.99. The van der Waals surface area contributed by atoms with Crippen LogP contribution in [0.25, 0.3) is 0 Å². The van der Waals surface area contributed by atoms with Gasteiger partial charge in [0.2, 0.25) is 0 Å². The molecule has 0 aliphatic rings. The number of aromatic nitrogens is 1. The summed E-state index contributed by atoms with van der Waals surface area (Å²) in [5.41, 5.74) is 1.25. The number of ether oxygens (including phenoxy) is 1. The van der Waals surface area contributed by atoms with Crippen molar-refractivity contribution in [3.63, 3.8) is 0 Å². The predicted octanol–water partition coefficient (Wildman–Crippen LogP) is 4.57. The number of hydrogen-bond donors (Lipinski definition) is 1. The van der Waals surface area contributed by atoms with Crippen LogP contribution in [0.5, 0.6) is 0 Å². The van der Waals surface area contributed by atoms with Crippen molar-refractivity contribution in [3.8, 4) is 0 Å². The molecule has 0 fully saturated rings. The van der Waals surface area contributed by atoms with Crippen molar-refractivity contribution in [2.75, 3.05) is 6.61 Å². The zero-order chi connectivity index (χ0) is 16.0. The molecule has 0 saturated heterocycles. The molecule has 1 heterocycles. The number of thiazole rings is 1. The number of rotatable bonds is 9. The molecule has 3 nitrogen and oxygen atoms in total. The van der Waals surface area contributed by atoms with Gasteiger partial charge in [0.1, 0.15) is 11.1 Å². The zero-order valence-electron chi connectivity index (χ0n) is 14.7. The van der Waals surface area contributed by atoms with Gasteiger partial charge in [-0.15, -0.1) is 11.3 Å². The van der Waals surface area contributed by atoms with Gasteiger partial charge in [-0.05, 0) is 25.2 Å². The quantitative estimate of drug-likeness (QED) is 0.725. The van der Waals surface area contributed by atoms with Crippen molar-refractivity contribution < 1.29 is 4.74 Å². The Kier molecular flexibility index (Phi) is 7.85. The Bertz CT molecular complexity index is 413. The molecule has 1 atom stereocenters. The van der Waals surface area contributed by atoms with E-state index in [2.05, 4.69) is 53.8 Å². The highest BCUT2D eigenvalue weighted by molar-refractivity contribution is 7.11. The van der Waals surface area contributed by atoms with Crippen LogP contribution in [0, 0.1) is 11.8 Å². The molecule has 1 rings (SSSR count). The molecule has 1 unspecified atom stereocenters. The van der Waals surface area contributed by atoms with Crippen molar-refractivity contribution in [3.05, 3.63) is 15.6 Å². The predicted molar refractivity (Wildman–Crippen MR) is 91.8 cm³/mol. The van der Waals surface area contributed by atoms with Gasteiger partial charge in [0, 0.05) is 24.1 Å². The van der Waals surface area contributed by atoms with E-state index in [1.807, 2.05) is 11.3 Å². The normalized spacial score (nSPS) is 13.6. The summed E-state index contributed by atoms with van der Waals surface area (Å²) in [6, 6.07) is 0.496. The van der Waals surface area contributed by atoms with E-state index in [9.17, 15) is 0 Å². The van der Waals surface area contributed by atoms with Crippen LogP contribution in [0.3, 0.4) is 0 Å². The van der Waals surface area contributed by atoms with Gasteiger partial charge >= 0.3 is 0 Å². The van der Waals surface area contributed by atoms with E-state index >= 15 is 0 Å².